The molecular weight excluding hydrogens is 278 g/mol. The molecule has 1 aromatic heterocycles. The second kappa shape index (κ2) is 5.03. The first kappa shape index (κ1) is 12.8. The van der Waals surface area contributed by atoms with Gasteiger partial charge >= 0.3 is 0 Å². The number of carbonyl (C=O) groups is 1. The summed E-state index contributed by atoms with van der Waals surface area (Å²) in [6.45, 7) is -0.224. The number of hydroxylamine groups is 2. The first-order valence-corrected chi connectivity index (χ1v) is 6.33. The molecule has 100 valence electrons. The van der Waals surface area contributed by atoms with Crippen molar-refractivity contribution in [2.45, 2.75) is 0 Å². The molecule has 0 saturated heterocycles. The van der Waals surface area contributed by atoms with E-state index in [1.54, 1.807) is 12.1 Å². The van der Waals surface area contributed by atoms with Gasteiger partial charge in [0.1, 0.15) is 17.0 Å². The Morgan fingerprint density at radius 1 is 1.15 bits per heavy atom. The summed E-state index contributed by atoms with van der Waals surface area (Å²) in [6.07, 6.45) is 0. The van der Waals surface area contributed by atoms with Gasteiger partial charge in [0.2, 0.25) is 0 Å². The molecule has 0 spiro atoms. The summed E-state index contributed by atoms with van der Waals surface area (Å²) in [4.78, 5) is 19.8. The minimum atomic E-state index is -0.441. The average molecular weight is 288 g/mol. The minimum Gasteiger partial charge on any atom is -0.288 e. The summed E-state index contributed by atoms with van der Waals surface area (Å²) in [5.41, 5.74) is 1.15. The molecular formula is C14H10ClN3O2. The monoisotopic (exact) mass is 287 g/mol. The van der Waals surface area contributed by atoms with E-state index in [0.717, 1.165) is 10.6 Å². The van der Waals surface area contributed by atoms with Crippen LogP contribution in [0.15, 0.2) is 47.5 Å². The highest BCUT2D eigenvalue weighted by molar-refractivity contribution is 6.29. The number of nitrogens with zero attached hydrogens (tertiary/aromatic N) is 3. The van der Waals surface area contributed by atoms with Crippen molar-refractivity contribution in [1.29, 1.82) is 0 Å². The fraction of sp³-hybridized carbons (Fsp3) is 0.0714. The zero-order chi connectivity index (χ0) is 14.1. The highest BCUT2D eigenvalue weighted by Gasteiger charge is 2.19. The molecule has 1 N–H and O–H groups in total. The molecule has 2 aromatic rings. The smallest absolute Gasteiger partial charge is 0.268 e. The Morgan fingerprint density at radius 3 is 2.65 bits per heavy atom. The van der Waals surface area contributed by atoms with Crippen LogP contribution in [0.1, 0.15) is 5.56 Å². The van der Waals surface area contributed by atoms with Crippen molar-refractivity contribution in [3.8, 4) is 0 Å². The number of carbonyl (C=O) groups excluding carboxylic acids is 1. The molecule has 0 radical (unpaired) electrons. The lowest BCUT2D eigenvalue weighted by Gasteiger charge is -2.17. The third-order valence-electron chi connectivity index (χ3n) is 2.90. The number of amides is 1. The lowest BCUT2D eigenvalue weighted by atomic mass is 10.1. The maximum Gasteiger partial charge on any atom is 0.268 e. The molecule has 20 heavy (non-hydrogen) atoms. The lowest BCUT2D eigenvalue weighted by Crippen LogP contribution is -2.34. The molecule has 1 aliphatic heterocycles. The van der Waals surface area contributed by atoms with Crippen molar-refractivity contribution in [2.75, 3.05) is 6.54 Å². The van der Waals surface area contributed by atoms with Crippen LogP contribution in [0.4, 0.5) is 0 Å². The van der Waals surface area contributed by atoms with Gasteiger partial charge in [-0.25, -0.2) is 15.0 Å². The average Bonchev–Trinajstić information content (AvgIpc) is 2.54. The topological polar surface area (TPSA) is 65.8 Å². The number of hydrogen-bond donors (Lipinski definition) is 1. The van der Waals surface area contributed by atoms with Gasteiger partial charge in [0.05, 0.1) is 11.1 Å². The predicted octanol–water partition coefficient (Wildman–Crippen LogP) is 0.742. The van der Waals surface area contributed by atoms with Crippen LogP contribution in [0.3, 0.4) is 0 Å². The van der Waals surface area contributed by atoms with Crippen LogP contribution >= 0.6 is 11.6 Å². The fourth-order valence-electron chi connectivity index (χ4n) is 2.07. The normalized spacial score (nSPS) is 14.6. The molecule has 2 heterocycles. The van der Waals surface area contributed by atoms with E-state index < -0.39 is 5.91 Å². The number of fused-ring (bicyclic) bond motifs is 1. The first-order chi connectivity index (χ1) is 9.65. The van der Waals surface area contributed by atoms with E-state index in [1.165, 1.54) is 0 Å². The van der Waals surface area contributed by atoms with Gasteiger partial charge in [-0.2, -0.15) is 0 Å². The predicted molar refractivity (Wildman–Crippen MR) is 72.5 cm³/mol. The molecule has 0 atom stereocenters. The van der Waals surface area contributed by atoms with Crippen LogP contribution < -0.4 is 10.7 Å². The SMILES string of the molecule is O=C1CN(O)C(c2ccccc2)=c2nc(Cl)ccc2=N1. The van der Waals surface area contributed by atoms with Gasteiger partial charge in [-0.3, -0.25) is 10.0 Å². The van der Waals surface area contributed by atoms with Crippen molar-refractivity contribution >= 4 is 23.2 Å². The second-order valence-corrected chi connectivity index (χ2v) is 4.67. The zero-order valence-corrected chi connectivity index (χ0v) is 11.1. The zero-order valence-electron chi connectivity index (χ0n) is 10.3. The van der Waals surface area contributed by atoms with Gasteiger partial charge in [0, 0.05) is 5.56 Å². The molecule has 1 amide bonds. The quantitative estimate of drug-likeness (QED) is 0.786. The number of hydrogen-bond acceptors (Lipinski definition) is 4. The Balaban J connectivity index is 2.43. The molecule has 0 unspecified atom stereocenters. The summed E-state index contributed by atoms with van der Waals surface area (Å²) in [6, 6.07) is 12.4. The number of halogens is 1. The summed E-state index contributed by atoms with van der Waals surface area (Å²) in [5, 5.41) is 12.1. The summed E-state index contributed by atoms with van der Waals surface area (Å²) < 4.78 is 0. The van der Waals surface area contributed by atoms with E-state index in [9.17, 15) is 10.0 Å². The van der Waals surface area contributed by atoms with E-state index >= 15 is 0 Å². The Kier molecular flexibility index (Phi) is 3.22. The Hall–Kier alpha value is -2.24. The van der Waals surface area contributed by atoms with Crippen molar-refractivity contribution in [2.24, 2.45) is 4.99 Å². The van der Waals surface area contributed by atoms with Crippen LogP contribution in [0, 0.1) is 0 Å². The molecule has 6 heteroatoms. The largest absolute Gasteiger partial charge is 0.288 e. The maximum atomic E-state index is 11.7. The van der Waals surface area contributed by atoms with E-state index in [0.29, 0.717) is 16.4 Å². The summed E-state index contributed by atoms with van der Waals surface area (Å²) >= 11 is 5.92. The highest BCUT2D eigenvalue weighted by atomic mass is 35.5. The van der Waals surface area contributed by atoms with Gasteiger partial charge in [-0.1, -0.05) is 41.9 Å². The molecule has 0 aliphatic carbocycles. The van der Waals surface area contributed by atoms with Crippen molar-refractivity contribution < 1.29 is 10.0 Å². The van der Waals surface area contributed by atoms with Crippen LogP contribution in [-0.2, 0) is 4.79 Å². The van der Waals surface area contributed by atoms with Gasteiger partial charge < -0.3 is 0 Å². The molecule has 5 nitrogen and oxygen atoms in total. The Labute approximate surface area is 119 Å². The summed E-state index contributed by atoms with van der Waals surface area (Å²) in [7, 11) is 0. The Bertz CT molecular complexity index is 790. The van der Waals surface area contributed by atoms with Crippen molar-refractivity contribution in [3.05, 3.63) is 63.9 Å². The standard InChI is InChI=1S/C14H10ClN3O2/c15-11-7-6-10-13(17-11)14(9-4-2-1-3-5-9)18(20)8-12(19)16-10/h1-7,20H,8H2. The number of aromatic nitrogens is 1. The molecule has 0 bridgehead atoms. The van der Waals surface area contributed by atoms with Gasteiger partial charge in [0.25, 0.3) is 5.91 Å². The number of rotatable bonds is 1. The first-order valence-electron chi connectivity index (χ1n) is 5.95. The molecule has 0 saturated carbocycles. The minimum absolute atomic E-state index is 0.224. The van der Waals surface area contributed by atoms with Crippen LogP contribution in [-0.4, -0.2) is 27.7 Å². The van der Waals surface area contributed by atoms with E-state index in [2.05, 4.69) is 9.98 Å². The van der Waals surface area contributed by atoms with Crippen molar-refractivity contribution in [1.82, 2.24) is 10.0 Å². The highest BCUT2D eigenvalue weighted by Crippen LogP contribution is 2.14. The van der Waals surface area contributed by atoms with Gasteiger partial charge in [-0.15, -0.1) is 0 Å². The summed E-state index contributed by atoms with van der Waals surface area (Å²) in [5.74, 6) is -0.441. The third-order valence-corrected chi connectivity index (χ3v) is 3.11. The van der Waals surface area contributed by atoms with Crippen LogP contribution in [0.5, 0.6) is 0 Å². The maximum absolute atomic E-state index is 11.7. The third kappa shape index (κ3) is 2.29. The molecule has 1 aliphatic rings. The van der Waals surface area contributed by atoms with Gasteiger partial charge in [0.15, 0.2) is 0 Å². The van der Waals surface area contributed by atoms with E-state index in [-0.39, 0.29) is 11.7 Å². The van der Waals surface area contributed by atoms with Crippen LogP contribution in [0.25, 0.3) is 5.70 Å². The molecule has 0 fully saturated rings. The number of pyridine rings is 1. The number of benzene rings is 1. The van der Waals surface area contributed by atoms with E-state index in [4.69, 9.17) is 11.6 Å². The van der Waals surface area contributed by atoms with Crippen molar-refractivity contribution in [3.63, 3.8) is 0 Å². The fourth-order valence-corrected chi connectivity index (χ4v) is 2.22. The molecule has 1 aromatic carbocycles. The Morgan fingerprint density at radius 2 is 1.90 bits per heavy atom. The second-order valence-electron chi connectivity index (χ2n) is 4.28. The van der Waals surface area contributed by atoms with Crippen LogP contribution in [0.2, 0.25) is 5.15 Å². The lowest BCUT2D eigenvalue weighted by molar-refractivity contribution is -0.125. The van der Waals surface area contributed by atoms with E-state index in [1.807, 2.05) is 30.3 Å². The molecule has 3 rings (SSSR count). The van der Waals surface area contributed by atoms with Gasteiger partial charge in [-0.05, 0) is 12.1 Å².